The van der Waals surface area contributed by atoms with Crippen molar-refractivity contribution >= 4 is 40.9 Å². The van der Waals surface area contributed by atoms with E-state index in [1.54, 1.807) is 18.2 Å². The molecule has 158 valence electrons. The van der Waals surface area contributed by atoms with E-state index < -0.39 is 17.8 Å². The first-order valence-electron chi connectivity index (χ1n) is 9.45. The molecule has 1 unspecified atom stereocenters. The summed E-state index contributed by atoms with van der Waals surface area (Å²) >= 11 is 12.1. The molecule has 0 aliphatic carbocycles. The van der Waals surface area contributed by atoms with Crippen molar-refractivity contribution in [3.63, 3.8) is 0 Å². The lowest BCUT2D eigenvalue weighted by Crippen LogP contribution is -2.47. The molecule has 9 heteroatoms. The van der Waals surface area contributed by atoms with Gasteiger partial charge in [0.25, 0.3) is 11.8 Å². The van der Waals surface area contributed by atoms with Gasteiger partial charge in [0.2, 0.25) is 5.91 Å². The van der Waals surface area contributed by atoms with Crippen molar-refractivity contribution in [3.05, 3.63) is 69.5 Å². The third kappa shape index (κ3) is 5.09. The zero-order valence-corrected chi connectivity index (χ0v) is 17.5. The minimum atomic E-state index is -0.630. The Morgan fingerprint density at radius 1 is 1.03 bits per heavy atom. The summed E-state index contributed by atoms with van der Waals surface area (Å²) in [5.74, 6) is -1.85. The van der Waals surface area contributed by atoms with E-state index >= 15 is 0 Å². The first-order chi connectivity index (χ1) is 14.4. The van der Waals surface area contributed by atoms with Crippen LogP contribution in [0.4, 0.5) is 4.39 Å². The normalized spacial score (nSPS) is 15.7. The zero-order chi connectivity index (χ0) is 21.7. The lowest BCUT2D eigenvalue weighted by atomic mass is 10.1. The highest BCUT2D eigenvalue weighted by Gasteiger charge is 2.35. The summed E-state index contributed by atoms with van der Waals surface area (Å²) in [5.41, 5.74) is 0.191. The fourth-order valence-electron chi connectivity index (χ4n) is 3.32. The van der Waals surface area contributed by atoms with Gasteiger partial charge in [-0.2, -0.15) is 0 Å². The molecule has 1 atom stereocenters. The van der Waals surface area contributed by atoms with E-state index in [1.807, 2.05) is 0 Å². The van der Waals surface area contributed by atoms with Crippen LogP contribution in [0.5, 0.6) is 0 Å². The highest BCUT2D eigenvalue weighted by Crippen LogP contribution is 2.26. The molecule has 1 aliphatic rings. The van der Waals surface area contributed by atoms with Crippen molar-refractivity contribution in [1.82, 2.24) is 15.5 Å². The van der Waals surface area contributed by atoms with Crippen molar-refractivity contribution in [1.29, 1.82) is 0 Å². The molecule has 6 nitrogen and oxygen atoms in total. The van der Waals surface area contributed by atoms with Gasteiger partial charge in [-0.3, -0.25) is 14.4 Å². The number of carbonyl (C=O) groups is 3. The third-order valence-electron chi connectivity index (χ3n) is 4.80. The molecule has 2 N–H and O–H groups in total. The van der Waals surface area contributed by atoms with Crippen molar-refractivity contribution < 1.29 is 18.8 Å². The minimum absolute atomic E-state index is 0.0604. The molecule has 3 rings (SSSR count). The number of rotatable bonds is 6. The monoisotopic (exact) mass is 451 g/mol. The number of amides is 3. The van der Waals surface area contributed by atoms with Crippen LogP contribution >= 0.6 is 23.2 Å². The molecule has 1 fully saturated rings. The average Bonchev–Trinajstić information content (AvgIpc) is 3.22. The van der Waals surface area contributed by atoms with Gasteiger partial charge in [0.05, 0.1) is 16.1 Å². The van der Waals surface area contributed by atoms with Crippen LogP contribution < -0.4 is 10.6 Å². The van der Waals surface area contributed by atoms with E-state index in [1.165, 1.54) is 29.2 Å². The second-order valence-corrected chi connectivity index (χ2v) is 7.65. The molecule has 0 saturated carbocycles. The molecule has 0 bridgehead atoms. The Morgan fingerprint density at radius 3 is 2.53 bits per heavy atom. The van der Waals surface area contributed by atoms with Gasteiger partial charge in [0.15, 0.2) is 0 Å². The van der Waals surface area contributed by atoms with E-state index in [0.29, 0.717) is 24.4 Å². The minimum Gasteiger partial charge on any atom is -0.353 e. The van der Waals surface area contributed by atoms with E-state index in [9.17, 15) is 18.8 Å². The van der Waals surface area contributed by atoms with Gasteiger partial charge in [-0.15, -0.1) is 0 Å². The number of benzene rings is 2. The van der Waals surface area contributed by atoms with E-state index in [0.717, 1.165) is 0 Å². The molecular weight excluding hydrogens is 432 g/mol. The Balaban J connectivity index is 1.53. The molecule has 0 spiro atoms. The van der Waals surface area contributed by atoms with E-state index in [2.05, 4.69) is 10.6 Å². The molecule has 1 saturated heterocycles. The van der Waals surface area contributed by atoms with Crippen LogP contribution in [0.25, 0.3) is 0 Å². The molecule has 2 aromatic carbocycles. The summed E-state index contributed by atoms with van der Waals surface area (Å²) in [7, 11) is 0. The first-order valence-corrected chi connectivity index (χ1v) is 10.2. The summed E-state index contributed by atoms with van der Waals surface area (Å²) in [5, 5.41) is 5.91. The van der Waals surface area contributed by atoms with Gasteiger partial charge in [-0.05, 0) is 43.2 Å². The Morgan fingerprint density at radius 2 is 1.77 bits per heavy atom. The van der Waals surface area contributed by atoms with Crippen molar-refractivity contribution in [3.8, 4) is 0 Å². The van der Waals surface area contributed by atoms with E-state index in [-0.39, 0.29) is 41.1 Å². The first kappa shape index (κ1) is 22.1. The average molecular weight is 452 g/mol. The van der Waals surface area contributed by atoms with Crippen LogP contribution in [0.2, 0.25) is 10.0 Å². The van der Waals surface area contributed by atoms with Gasteiger partial charge in [0.1, 0.15) is 11.9 Å². The molecule has 2 aromatic rings. The lowest BCUT2D eigenvalue weighted by Gasteiger charge is -2.24. The van der Waals surface area contributed by atoms with Crippen LogP contribution in [0.3, 0.4) is 0 Å². The highest BCUT2D eigenvalue weighted by atomic mass is 35.5. The maximum Gasteiger partial charge on any atom is 0.256 e. The summed E-state index contributed by atoms with van der Waals surface area (Å²) in [6, 6.07) is 9.63. The smallest absolute Gasteiger partial charge is 0.256 e. The van der Waals surface area contributed by atoms with Gasteiger partial charge in [0, 0.05) is 24.7 Å². The largest absolute Gasteiger partial charge is 0.353 e. The van der Waals surface area contributed by atoms with Gasteiger partial charge in [-0.25, -0.2) is 4.39 Å². The molecule has 3 amide bonds. The molecule has 1 aliphatic heterocycles. The zero-order valence-electron chi connectivity index (χ0n) is 16.0. The van der Waals surface area contributed by atoms with Crippen LogP contribution in [0, 0.1) is 5.82 Å². The van der Waals surface area contributed by atoms with Crippen molar-refractivity contribution in [2.24, 2.45) is 0 Å². The number of hydrogen-bond donors (Lipinski definition) is 2. The quantitative estimate of drug-likeness (QED) is 0.661. The summed E-state index contributed by atoms with van der Waals surface area (Å²) in [4.78, 5) is 38.9. The van der Waals surface area contributed by atoms with Gasteiger partial charge >= 0.3 is 0 Å². The standard InChI is InChI=1S/C21H20Cl2FN3O3/c22-13-7-8-16(23)15(12-13)21(30)27-11-3-6-18(27)20(29)26-10-9-25-19(28)14-4-1-2-5-17(14)24/h1-2,4-5,7-8,12,18H,3,6,9-11H2,(H,25,28)(H,26,29). The number of carbonyl (C=O) groups excluding carboxylic acids is 3. The molecule has 1 heterocycles. The predicted molar refractivity (Wildman–Crippen MR) is 112 cm³/mol. The van der Waals surface area contributed by atoms with Crippen LogP contribution in [-0.2, 0) is 4.79 Å². The van der Waals surface area contributed by atoms with Crippen LogP contribution in [0.15, 0.2) is 42.5 Å². The Hall–Kier alpha value is -2.64. The second kappa shape index (κ2) is 9.91. The molecular formula is C21H20Cl2FN3O3. The van der Waals surface area contributed by atoms with E-state index in [4.69, 9.17) is 23.2 Å². The van der Waals surface area contributed by atoms with Gasteiger partial charge < -0.3 is 15.5 Å². The lowest BCUT2D eigenvalue weighted by molar-refractivity contribution is -0.124. The molecule has 0 aromatic heterocycles. The summed E-state index contributed by atoms with van der Waals surface area (Å²) in [6.45, 7) is 0.707. The highest BCUT2D eigenvalue weighted by molar-refractivity contribution is 6.35. The maximum atomic E-state index is 13.6. The summed E-state index contributed by atoms with van der Waals surface area (Å²) in [6.07, 6.45) is 1.21. The Labute approximate surface area is 183 Å². The number of hydrogen-bond acceptors (Lipinski definition) is 3. The fourth-order valence-corrected chi connectivity index (χ4v) is 3.69. The SMILES string of the molecule is O=C(NCCNC(=O)C1CCCN1C(=O)c1cc(Cl)ccc1Cl)c1ccccc1F. The van der Waals surface area contributed by atoms with Gasteiger partial charge in [-0.1, -0.05) is 35.3 Å². The third-order valence-corrected chi connectivity index (χ3v) is 5.37. The molecule has 0 radical (unpaired) electrons. The topological polar surface area (TPSA) is 78.5 Å². The van der Waals surface area contributed by atoms with Crippen molar-refractivity contribution in [2.75, 3.05) is 19.6 Å². The Bertz CT molecular complexity index is 970. The fraction of sp³-hybridized carbons (Fsp3) is 0.286. The number of nitrogens with one attached hydrogen (secondary N) is 2. The van der Waals surface area contributed by atoms with Crippen molar-refractivity contribution in [2.45, 2.75) is 18.9 Å². The Kier molecular flexibility index (Phi) is 7.29. The summed E-state index contributed by atoms with van der Waals surface area (Å²) < 4.78 is 13.6. The number of nitrogens with zero attached hydrogens (tertiary/aromatic N) is 1. The van der Waals surface area contributed by atoms with Crippen LogP contribution in [0.1, 0.15) is 33.6 Å². The second-order valence-electron chi connectivity index (χ2n) is 6.81. The number of halogens is 3. The predicted octanol–water partition coefficient (Wildman–Crippen LogP) is 3.28. The number of likely N-dealkylation sites (tertiary alicyclic amines) is 1. The molecule has 30 heavy (non-hydrogen) atoms. The maximum absolute atomic E-state index is 13.6. The van der Waals surface area contributed by atoms with Crippen LogP contribution in [-0.4, -0.2) is 48.3 Å².